The molecule has 13 heavy (non-hydrogen) atoms. The smallest absolute Gasteiger partial charge is 0.224 e. The molecule has 0 aromatic heterocycles. The first-order valence-corrected chi connectivity index (χ1v) is 4.13. The van der Waals surface area contributed by atoms with E-state index in [1.54, 1.807) is 0 Å². The molecular weight excluding hydrogens is 186 g/mol. The molecule has 2 nitrogen and oxygen atoms in total. The molecule has 0 spiro atoms. The lowest BCUT2D eigenvalue weighted by atomic mass is 10.1. The molecule has 1 N–H and O–H groups in total. The Bertz CT molecular complexity index is 248. The van der Waals surface area contributed by atoms with E-state index in [4.69, 9.17) is 0 Å². The van der Waals surface area contributed by atoms with Gasteiger partial charge in [0.1, 0.15) is 0 Å². The Morgan fingerprint density at radius 2 is 1.92 bits per heavy atom. The number of benzene rings is 1. The van der Waals surface area contributed by atoms with Gasteiger partial charge in [0.2, 0.25) is 5.91 Å². The average molecular weight is 200 g/mol. The summed E-state index contributed by atoms with van der Waals surface area (Å²) >= 11 is 0. The fourth-order valence-corrected chi connectivity index (χ4v) is 1.04. The summed E-state index contributed by atoms with van der Waals surface area (Å²) in [5.74, 6) is 0.0868. The molecule has 0 radical (unpaired) electrons. The molecular formula is C10H14ClNO. The van der Waals surface area contributed by atoms with E-state index >= 15 is 0 Å². The molecule has 0 fully saturated rings. The second-order valence-corrected chi connectivity index (χ2v) is 2.62. The van der Waals surface area contributed by atoms with Crippen LogP contribution in [0.2, 0.25) is 0 Å². The molecule has 0 saturated carbocycles. The van der Waals surface area contributed by atoms with E-state index in [2.05, 4.69) is 5.32 Å². The summed E-state index contributed by atoms with van der Waals surface area (Å²) in [6.07, 6.45) is 0.481. The van der Waals surface area contributed by atoms with Crippen molar-refractivity contribution >= 4 is 18.3 Å². The van der Waals surface area contributed by atoms with Gasteiger partial charge < -0.3 is 5.32 Å². The van der Waals surface area contributed by atoms with Crippen molar-refractivity contribution in [3.63, 3.8) is 0 Å². The Kier molecular flexibility index (Phi) is 5.98. The van der Waals surface area contributed by atoms with Crippen LogP contribution >= 0.6 is 12.4 Å². The zero-order chi connectivity index (χ0) is 8.81. The molecule has 1 aromatic rings. The molecule has 0 unspecified atom stereocenters. The van der Waals surface area contributed by atoms with Crippen molar-refractivity contribution in [3.8, 4) is 0 Å². The Hall–Kier alpha value is -1.02. The number of likely N-dealkylation sites (N-methyl/N-ethyl adjacent to an activating group) is 1. The molecule has 0 atom stereocenters. The Morgan fingerprint density at radius 3 is 2.46 bits per heavy atom. The summed E-state index contributed by atoms with van der Waals surface area (Å²) in [5.41, 5.74) is 1.06. The number of halogens is 1. The van der Waals surface area contributed by atoms with E-state index in [9.17, 15) is 4.79 Å². The largest absolute Gasteiger partial charge is 0.356 e. The highest BCUT2D eigenvalue weighted by Crippen LogP contribution is 1.98. The predicted molar refractivity (Wildman–Crippen MR) is 56.1 cm³/mol. The van der Waals surface area contributed by atoms with E-state index in [1.165, 1.54) is 0 Å². The molecule has 0 aliphatic heterocycles. The molecule has 1 aromatic carbocycles. The minimum Gasteiger partial charge on any atom is -0.356 e. The van der Waals surface area contributed by atoms with Gasteiger partial charge in [-0.05, 0) is 12.5 Å². The highest BCUT2D eigenvalue weighted by Gasteiger charge is 1.99. The van der Waals surface area contributed by atoms with Crippen LogP contribution in [0.4, 0.5) is 0 Å². The second-order valence-electron chi connectivity index (χ2n) is 2.62. The number of amides is 1. The van der Waals surface area contributed by atoms with Gasteiger partial charge in [0.15, 0.2) is 0 Å². The molecule has 0 aliphatic carbocycles. The molecule has 0 bridgehead atoms. The highest BCUT2D eigenvalue weighted by molar-refractivity contribution is 5.85. The Labute approximate surface area is 84.8 Å². The van der Waals surface area contributed by atoms with Crippen LogP contribution in [0.15, 0.2) is 30.3 Å². The van der Waals surface area contributed by atoms with Gasteiger partial charge in [0.25, 0.3) is 0 Å². The first-order valence-electron chi connectivity index (χ1n) is 4.13. The lowest BCUT2D eigenvalue weighted by Crippen LogP contribution is -2.24. The maximum Gasteiger partial charge on any atom is 0.224 e. The minimum absolute atomic E-state index is 0. The van der Waals surface area contributed by atoms with Crippen molar-refractivity contribution in [1.29, 1.82) is 0 Å². The highest BCUT2D eigenvalue weighted by atomic mass is 35.5. The lowest BCUT2D eigenvalue weighted by molar-refractivity contribution is -0.120. The van der Waals surface area contributed by atoms with Crippen LogP contribution in [-0.2, 0) is 11.2 Å². The third kappa shape index (κ3) is 4.53. The molecule has 1 amide bonds. The summed E-state index contributed by atoms with van der Waals surface area (Å²) in [6, 6.07) is 9.73. The van der Waals surface area contributed by atoms with E-state index in [-0.39, 0.29) is 18.3 Å². The minimum atomic E-state index is 0. The molecule has 0 saturated heterocycles. The SMILES string of the molecule is CCNC(=O)Cc1ccccc1.Cl. The monoisotopic (exact) mass is 199 g/mol. The third-order valence-corrected chi connectivity index (χ3v) is 1.58. The van der Waals surface area contributed by atoms with E-state index in [1.807, 2.05) is 37.3 Å². The molecule has 72 valence electrons. The van der Waals surface area contributed by atoms with Crippen molar-refractivity contribution in [2.45, 2.75) is 13.3 Å². The molecule has 1 rings (SSSR count). The lowest BCUT2D eigenvalue weighted by Gasteiger charge is -2.00. The first-order chi connectivity index (χ1) is 5.83. The maximum absolute atomic E-state index is 11.1. The normalized spacial score (nSPS) is 8.69. The fourth-order valence-electron chi connectivity index (χ4n) is 1.04. The predicted octanol–water partition coefficient (Wildman–Crippen LogP) is 1.79. The number of hydrogen-bond acceptors (Lipinski definition) is 1. The van der Waals surface area contributed by atoms with Gasteiger partial charge in [-0.1, -0.05) is 30.3 Å². The average Bonchev–Trinajstić information content (AvgIpc) is 2.06. The molecule has 0 aliphatic rings. The van der Waals surface area contributed by atoms with Gasteiger partial charge in [-0.2, -0.15) is 0 Å². The van der Waals surface area contributed by atoms with Gasteiger partial charge >= 0.3 is 0 Å². The summed E-state index contributed by atoms with van der Waals surface area (Å²) in [7, 11) is 0. The van der Waals surface area contributed by atoms with E-state index in [0.29, 0.717) is 13.0 Å². The Balaban J connectivity index is 0.00000144. The number of hydrogen-bond donors (Lipinski definition) is 1. The van der Waals surface area contributed by atoms with Gasteiger partial charge in [-0.3, -0.25) is 4.79 Å². The van der Waals surface area contributed by atoms with Crippen molar-refractivity contribution in [2.75, 3.05) is 6.54 Å². The maximum atomic E-state index is 11.1. The Morgan fingerprint density at radius 1 is 1.31 bits per heavy atom. The number of carbonyl (C=O) groups excluding carboxylic acids is 1. The van der Waals surface area contributed by atoms with Crippen LogP contribution in [-0.4, -0.2) is 12.5 Å². The van der Waals surface area contributed by atoms with Gasteiger partial charge in [0.05, 0.1) is 6.42 Å². The van der Waals surface area contributed by atoms with Crippen molar-refractivity contribution in [2.24, 2.45) is 0 Å². The van der Waals surface area contributed by atoms with Crippen LogP contribution in [0, 0.1) is 0 Å². The van der Waals surface area contributed by atoms with Crippen molar-refractivity contribution < 1.29 is 4.79 Å². The van der Waals surface area contributed by atoms with Crippen LogP contribution in [0.1, 0.15) is 12.5 Å². The zero-order valence-corrected chi connectivity index (χ0v) is 8.43. The second kappa shape index (κ2) is 6.49. The summed E-state index contributed by atoms with van der Waals surface area (Å²) in [6.45, 7) is 2.62. The summed E-state index contributed by atoms with van der Waals surface area (Å²) < 4.78 is 0. The first kappa shape index (κ1) is 12.0. The van der Waals surface area contributed by atoms with Crippen molar-refractivity contribution in [3.05, 3.63) is 35.9 Å². The zero-order valence-electron chi connectivity index (χ0n) is 7.62. The van der Waals surface area contributed by atoms with Crippen molar-refractivity contribution in [1.82, 2.24) is 5.32 Å². The van der Waals surface area contributed by atoms with Crippen LogP contribution in [0.3, 0.4) is 0 Å². The van der Waals surface area contributed by atoms with Crippen LogP contribution in [0.25, 0.3) is 0 Å². The topological polar surface area (TPSA) is 29.1 Å². The summed E-state index contributed by atoms with van der Waals surface area (Å²) in [5, 5.41) is 2.76. The number of rotatable bonds is 3. The van der Waals surface area contributed by atoms with Gasteiger partial charge in [-0.15, -0.1) is 12.4 Å². The fraction of sp³-hybridized carbons (Fsp3) is 0.300. The quantitative estimate of drug-likeness (QED) is 0.790. The standard InChI is InChI=1S/C10H13NO.ClH/c1-2-11-10(12)8-9-6-4-3-5-7-9;/h3-7H,2,8H2,1H3,(H,11,12);1H. The summed E-state index contributed by atoms with van der Waals surface area (Å²) in [4.78, 5) is 11.1. The van der Waals surface area contributed by atoms with E-state index in [0.717, 1.165) is 5.56 Å². The molecule has 0 heterocycles. The van der Waals surface area contributed by atoms with Crippen LogP contribution in [0.5, 0.6) is 0 Å². The van der Waals surface area contributed by atoms with Gasteiger partial charge in [0, 0.05) is 6.54 Å². The number of carbonyl (C=O) groups is 1. The van der Waals surface area contributed by atoms with E-state index < -0.39 is 0 Å². The number of nitrogens with one attached hydrogen (secondary N) is 1. The van der Waals surface area contributed by atoms with Crippen LogP contribution < -0.4 is 5.32 Å². The van der Waals surface area contributed by atoms with Gasteiger partial charge in [-0.25, -0.2) is 0 Å². The molecule has 3 heteroatoms. The third-order valence-electron chi connectivity index (χ3n) is 1.58.